The van der Waals surface area contributed by atoms with Crippen molar-refractivity contribution in [2.45, 2.75) is 0 Å². The van der Waals surface area contributed by atoms with Gasteiger partial charge in [-0.2, -0.15) is 15.1 Å². The highest BCUT2D eigenvalue weighted by Gasteiger charge is 2.11. The van der Waals surface area contributed by atoms with E-state index in [9.17, 15) is 0 Å². The van der Waals surface area contributed by atoms with Gasteiger partial charge in [-0.15, -0.1) is 0 Å². The van der Waals surface area contributed by atoms with Gasteiger partial charge in [0.05, 0.1) is 12.4 Å². The lowest BCUT2D eigenvalue weighted by Gasteiger charge is -2.06. The summed E-state index contributed by atoms with van der Waals surface area (Å²) in [5.41, 5.74) is 2.91. The summed E-state index contributed by atoms with van der Waals surface area (Å²) in [5, 5.41) is 7.28. The first-order chi connectivity index (χ1) is 8.86. The highest BCUT2D eigenvalue weighted by Crippen LogP contribution is 2.26. The number of nitrogen functional groups attached to an aromatic ring is 1. The second kappa shape index (κ2) is 4.26. The molecule has 0 radical (unpaired) electrons. The van der Waals surface area contributed by atoms with Crippen LogP contribution in [0.1, 0.15) is 0 Å². The Kier molecular flexibility index (Phi) is 2.47. The number of anilines is 1. The maximum atomic E-state index is 5.62. The van der Waals surface area contributed by atoms with Crippen molar-refractivity contribution < 1.29 is 4.74 Å². The number of rotatable bonds is 3. The van der Waals surface area contributed by atoms with Gasteiger partial charge < -0.3 is 4.74 Å². The second-order valence-corrected chi connectivity index (χ2v) is 3.42. The SMILES string of the molecule is NNc1nc(Oc2cccnc2)c2cn[nH]c2n1. The van der Waals surface area contributed by atoms with Gasteiger partial charge in [0.25, 0.3) is 0 Å². The Balaban J connectivity index is 2.07. The quantitative estimate of drug-likeness (QED) is 0.461. The zero-order chi connectivity index (χ0) is 12.4. The molecule has 8 nitrogen and oxygen atoms in total. The Morgan fingerprint density at radius 2 is 2.22 bits per heavy atom. The van der Waals surface area contributed by atoms with E-state index in [2.05, 4.69) is 30.6 Å². The standard InChI is InChI=1S/C10H9N7O/c11-16-10-14-8-7(5-13-17-8)9(15-10)18-6-2-1-3-12-4-6/h1-5H,11H2,(H2,13,14,15,16,17). The van der Waals surface area contributed by atoms with E-state index < -0.39 is 0 Å². The minimum absolute atomic E-state index is 0.241. The molecule has 0 saturated carbocycles. The molecule has 0 aliphatic carbocycles. The topological polar surface area (TPSA) is 115 Å². The smallest absolute Gasteiger partial charge is 0.242 e. The molecule has 8 heteroatoms. The van der Waals surface area contributed by atoms with E-state index >= 15 is 0 Å². The molecule has 0 aliphatic rings. The van der Waals surface area contributed by atoms with E-state index in [0.29, 0.717) is 22.7 Å². The molecule has 18 heavy (non-hydrogen) atoms. The van der Waals surface area contributed by atoms with Crippen LogP contribution in [0.5, 0.6) is 11.6 Å². The predicted molar refractivity (Wildman–Crippen MR) is 63.8 cm³/mol. The highest BCUT2D eigenvalue weighted by molar-refractivity contribution is 5.80. The first kappa shape index (κ1) is 10.4. The molecule has 3 aromatic rings. The van der Waals surface area contributed by atoms with Crippen LogP contribution in [0, 0.1) is 0 Å². The van der Waals surface area contributed by atoms with Gasteiger partial charge in [-0.25, -0.2) is 5.84 Å². The van der Waals surface area contributed by atoms with E-state index in [-0.39, 0.29) is 5.95 Å². The van der Waals surface area contributed by atoms with Gasteiger partial charge in [0, 0.05) is 6.20 Å². The minimum Gasteiger partial charge on any atom is -0.436 e. The molecule has 4 N–H and O–H groups in total. The van der Waals surface area contributed by atoms with Gasteiger partial charge in [0.1, 0.15) is 11.1 Å². The summed E-state index contributed by atoms with van der Waals surface area (Å²) in [6.45, 7) is 0. The zero-order valence-corrected chi connectivity index (χ0v) is 9.16. The summed E-state index contributed by atoms with van der Waals surface area (Å²) >= 11 is 0. The molecule has 0 aromatic carbocycles. The third-order valence-electron chi connectivity index (χ3n) is 2.25. The number of aromatic nitrogens is 5. The van der Waals surface area contributed by atoms with Crippen LogP contribution in [0.15, 0.2) is 30.7 Å². The number of aromatic amines is 1. The van der Waals surface area contributed by atoms with Crippen molar-refractivity contribution in [3.63, 3.8) is 0 Å². The number of fused-ring (bicyclic) bond motifs is 1. The van der Waals surface area contributed by atoms with Gasteiger partial charge in [-0.1, -0.05) is 0 Å². The van der Waals surface area contributed by atoms with E-state index in [1.807, 2.05) is 0 Å². The molecule has 0 fully saturated rings. The number of ether oxygens (including phenoxy) is 1. The first-order valence-corrected chi connectivity index (χ1v) is 5.12. The largest absolute Gasteiger partial charge is 0.436 e. The summed E-state index contributed by atoms with van der Waals surface area (Å²) in [7, 11) is 0. The number of pyridine rings is 1. The van der Waals surface area contributed by atoms with Gasteiger partial charge in [-0.05, 0) is 12.1 Å². The van der Waals surface area contributed by atoms with Gasteiger partial charge in [0.2, 0.25) is 11.8 Å². The van der Waals surface area contributed by atoms with Gasteiger partial charge in [-0.3, -0.25) is 15.5 Å². The molecular formula is C10H9N7O. The predicted octanol–water partition coefficient (Wildman–Crippen LogP) is 0.826. The fourth-order valence-corrected chi connectivity index (χ4v) is 1.47. The fraction of sp³-hybridized carbons (Fsp3) is 0. The minimum atomic E-state index is 0.241. The normalized spacial score (nSPS) is 10.5. The van der Waals surface area contributed by atoms with Crippen LogP contribution in [0.25, 0.3) is 11.0 Å². The first-order valence-electron chi connectivity index (χ1n) is 5.12. The Labute approximate surface area is 101 Å². The number of nitrogens with zero attached hydrogens (tertiary/aromatic N) is 4. The molecule has 3 rings (SSSR count). The van der Waals surface area contributed by atoms with Crippen LogP contribution in [0.4, 0.5) is 5.95 Å². The number of hydrogen-bond donors (Lipinski definition) is 3. The molecule has 90 valence electrons. The Bertz CT molecular complexity index is 666. The van der Waals surface area contributed by atoms with Gasteiger partial charge in [0.15, 0.2) is 5.65 Å². The van der Waals surface area contributed by atoms with E-state index in [1.54, 1.807) is 30.7 Å². The van der Waals surface area contributed by atoms with Crippen molar-refractivity contribution in [3.05, 3.63) is 30.7 Å². The number of hydrogen-bond acceptors (Lipinski definition) is 7. The molecule has 0 unspecified atom stereocenters. The zero-order valence-electron chi connectivity index (χ0n) is 9.16. The van der Waals surface area contributed by atoms with E-state index in [0.717, 1.165) is 0 Å². The Morgan fingerprint density at radius 1 is 1.28 bits per heavy atom. The Hall–Kier alpha value is -2.74. The number of nitrogens with one attached hydrogen (secondary N) is 2. The van der Waals surface area contributed by atoms with Crippen LogP contribution in [0.3, 0.4) is 0 Å². The molecule has 0 saturated heterocycles. The fourth-order valence-electron chi connectivity index (χ4n) is 1.47. The van der Waals surface area contributed by atoms with Crippen molar-refractivity contribution in [2.75, 3.05) is 5.43 Å². The highest BCUT2D eigenvalue weighted by atomic mass is 16.5. The van der Waals surface area contributed by atoms with Crippen LogP contribution < -0.4 is 16.0 Å². The summed E-state index contributed by atoms with van der Waals surface area (Å²) in [6.07, 6.45) is 4.83. The summed E-state index contributed by atoms with van der Waals surface area (Å²) in [6, 6.07) is 3.54. The molecule has 0 amide bonds. The molecule has 0 aliphatic heterocycles. The van der Waals surface area contributed by atoms with E-state index in [4.69, 9.17) is 10.6 Å². The maximum Gasteiger partial charge on any atom is 0.242 e. The summed E-state index contributed by atoms with van der Waals surface area (Å²) in [5.74, 6) is 6.46. The van der Waals surface area contributed by atoms with Crippen molar-refractivity contribution in [1.82, 2.24) is 25.1 Å². The average molecular weight is 243 g/mol. The molecule has 0 spiro atoms. The van der Waals surface area contributed by atoms with Crippen molar-refractivity contribution in [1.29, 1.82) is 0 Å². The van der Waals surface area contributed by atoms with Crippen molar-refractivity contribution in [3.8, 4) is 11.6 Å². The monoisotopic (exact) mass is 243 g/mol. The molecule has 0 atom stereocenters. The third kappa shape index (κ3) is 1.80. The number of nitrogens with two attached hydrogens (primary N) is 1. The Morgan fingerprint density at radius 3 is 3.00 bits per heavy atom. The lowest BCUT2D eigenvalue weighted by molar-refractivity contribution is 0.467. The summed E-state index contributed by atoms with van der Waals surface area (Å²) < 4.78 is 5.62. The number of H-pyrrole nitrogens is 1. The van der Waals surface area contributed by atoms with Crippen molar-refractivity contribution >= 4 is 17.0 Å². The third-order valence-corrected chi connectivity index (χ3v) is 2.25. The molecule has 0 bridgehead atoms. The summed E-state index contributed by atoms with van der Waals surface area (Å²) in [4.78, 5) is 12.2. The lowest BCUT2D eigenvalue weighted by Crippen LogP contribution is -2.10. The van der Waals surface area contributed by atoms with E-state index in [1.165, 1.54) is 0 Å². The molecular weight excluding hydrogens is 234 g/mol. The average Bonchev–Trinajstić information content (AvgIpc) is 2.88. The lowest BCUT2D eigenvalue weighted by atomic mass is 10.4. The van der Waals surface area contributed by atoms with Crippen molar-refractivity contribution in [2.24, 2.45) is 5.84 Å². The number of hydrazine groups is 1. The van der Waals surface area contributed by atoms with Gasteiger partial charge >= 0.3 is 0 Å². The van der Waals surface area contributed by atoms with Crippen LogP contribution in [-0.2, 0) is 0 Å². The molecule has 3 aromatic heterocycles. The molecule has 3 heterocycles. The second-order valence-electron chi connectivity index (χ2n) is 3.42. The van der Waals surface area contributed by atoms with Crippen LogP contribution >= 0.6 is 0 Å². The van der Waals surface area contributed by atoms with Crippen LogP contribution in [0.2, 0.25) is 0 Å². The van der Waals surface area contributed by atoms with Crippen LogP contribution in [-0.4, -0.2) is 25.1 Å². The maximum absolute atomic E-state index is 5.62.